The Morgan fingerprint density at radius 2 is 2.00 bits per heavy atom. The molecular formula is C18H17ClN4O2. The molecule has 2 amide bonds. The standard InChI is InChI=1S/C18H17ClN4O2/c1-10-3-6-13(22-16(10)17(20)24)9-21-18(25)15-7-11-4-5-12(19)8-14(11)23(15)2/h3-8H,9H2,1-2H3,(H2,20,24)(H,21,25). The van der Waals surface area contributed by atoms with Gasteiger partial charge in [-0.3, -0.25) is 9.59 Å². The van der Waals surface area contributed by atoms with E-state index in [9.17, 15) is 9.59 Å². The molecular weight excluding hydrogens is 340 g/mol. The largest absolute Gasteiger partial charge is 0.364 e. The number of pyridine rings is 1. The summed E-state index contributed by atoms with van der Waals surface area (Å²) < 4.78 is 1.79. The maximum atomic E-state index is 12.5. The topological polar surface area (TPSA) is 90.0 Å². The number of rotatable bonds is 4. The lowest BCUT2D eigenvalue weighted by molar-refractivity contribution is 0.0942. The molecule has 0 radical (unpaired) electrons. The summed E-state index contributed by atoms with van der Waals surface area (Å²) in [5.74, 6) is -0.825. The molecule has 0 fully saturated rings. The minimum atomic E-state index is -0.587. The molecule has 0 aliphatic heterocycles. The summed E-state index contributed by atoms with van der Waals surface area (Å²) in [6.45, 7) is 1.96. The number of nitrogens with one attached hydrogen (secondary N) is 1. The summed E-state index contributed by atoms with van der Waals surface area (Å²) in [7, 11) is 1.81. The van der Waals surface area contributed by atoms with Crippen LogP contribution in [0, 0.1) is 6.92 Å². The number of fused-ring (bicyclic) bond motifs is 1. The van der Waals surface area contributed by atoms with E-state index in [2.05, 4.69) is 10.3 Å². The number of hydrogen-bond acceptors (Lipinski definition) is 3. The lowest BCUT2D eigenvalue weighted by Crippen LogP contribution is -2.26. The molecule has 0 aliphatic carbocycles. The molecule has 3 N–H and O–H groups in total. The normalized spacial score (nSPS) is 10.8. The highest BCUT2D eigenvalue weighted by Gasteiger charge is 2.14. The molecule has 1 aromatic carbocycles. The fourth-order valence-corrected chi connectivity index (χ4v) is 2.87. The van der Waals surface area contributed by atoms with E-state index in [4.69, 9.17) is 17.3 Å². The first-order valence-corrected chi connectivity index (χ1v) is 8.04. The fraction of sp³-hybridized carbons (Fsp3) is 0.167. The second-order valence-corrected chi connectivity index (χ2v) is 6.24. The van der Waals surface area contributed by atoms with Crippen molar-refractivity contribution in [2.75, 3.05) is 0 Å². The molecule has 0 atom stereocenters. The third kappa shape index (κ3) is 3.34. The van der Waals surface area contributed by atoms with Gasteiger partial charge in [0, 0.05) is 23.0 Å². The summed E-state index contributed by atoms with van der Waals surface area (Å²) in [5.41, 5.74) is 8.17. The highest BCUT2D eigenvalue weighted by Crippen LogP contribution is 2.22. The Balaban J connectivity index is 1.80. The van der Waals surface area contributed by atoms with E-state index < -0.39 is 5.91 Å². The van der Waals surface area contributed by atoms with Crippen molar-refractivity contribution in [2.45, 2.75) is 13.5 Å². The van der Waals surface area contributed by atoms with Crippen LogP contribution < -0.4 is 11.1 Å². The quantitative estimate of drug-likeness (QED) is 0.752. The van der Waals surface area contributed by atoms with Gasteiger partial charge >= 0.3 is 0 Å². The molecule has 0 aliphatic rings. The number of aromatic nitrogens is 2. The number of aryl methyl sites for hydroxylation is 2. The van der Waals surface area contributed by atoms with E-state index in [1.165, 1.54) is 0 Å². The van der Waals surface area contributed by atoms with Crippen molar-refractivity contribution < 1.29 is 9.59 Å². The van der Waals surface area contributed by atoms with Gasteiger partial charge in [0.1, 0.15) is 11.4 Å². The van der Waals surface area contributed by atoms with E-state index in [1.54, 1.807) is 35.8 Å². The molecule has 0 bridgehead atoms. The van der Waals surface area contributed by atoms with Crippen molar-refractivity contribution >= 4 is 34.3 Å². The van der Waals surface area contributed by atoms with Gasteiger partial charge in [0.25, 0.3) is 11.8 Å². The van der Waals surface area contributed by atoms with E-state index in [1.807, 2.05) is 19.2 Å². The summed E-state index contributed by atoms with van der Waals surface area (Å²) in [6, 6.07) is 10.8. The van der Waals surface area contributed by atoms with Crippen molar-refractivity contribution in [3.8, 4) is 0 Å². The van der Waals surface area contributed by atoms with Gasteiger partial charge in [0.05, 0.1) is 12.2 Å². The van der Waals surface area contributed by atoms with Crippen LogP contribution in [-0.4, -0.2) is 21.4 Å². The van der Waals surface area contributed by atoms with Crippen molar-refractivity contribution in [1.82, 2.24) is 14.9 Å². The van der Waals surface area contributed by atoms with Crippen LogP contribution in [0.25, 0.3) is 10.9 Å². The van der Waals surface area contributed by atoms with E-state index >= 15 is 0 Å². The van der Waals surface area contributed by atoms with E-state index in [0.717, 1.165) is 10.9 Å². The zero-order chi connectivity index (χ0) is 18.1. The average Bonchev–Trinajstić information content (AvgIpc) is 2.90. The number of nitrogens with zero attached hydrogens (tertiary/aromatic N) is 2. The number of carbonyl (C=O) groups is 2. The molecule has 2 aromatic heterocycles. The summed E-state index contributed by atoms with van der Waals surface area (Å²) >= 11 is 6.01. The number of carbonyl (C=O) groups excluding carboxylic acids is 2. The lowest BCUT2D eigenvalue weighted by atomic mass is 10.2. The third-order valence-corrected chi connectivity index (χ3v) is 4.29. The SMILES string of the molecule is Cc1ccc(CNC(=O)c2cc3ccc(Cl)cc3n2C)nc1C(N)=O. The van der Waals surface area contributed by atoms with E-state index in [0.29, 0.717) is 22.0 Å². The Hall–Kier alpha value is -2.86. The smallest absolute Gasteiger partial charge is 0.268 e. The van der Waals surface area contributed by atoms with Gasteiger partial charge in [-0.1, -0.05) is 23.7 Å². The van der Waals surface area contributed by atoms with Crippen LogP contribution in [0.4, 0.5) is 0 Å². The Kier molecular flexibility index (Phi) is 4.46. The molecule has 3 aromatic rings. The highest BCUT2D eigenvalue weighted by molar-refractivity contribution is 6.31. The fourth-order valence-electron chi connectivity index (χ4n) is 2.70. The molecule has 0 saturated heterocycles. The molecule has 3 rings (SSSR count). The van der Waals surface area contributed by atoms with Crippen LogP contribution in [0.15, 0.2) is 36.4 Å². The molecule has 7 heteroatoms. The van der Waals surface area contributed by atoms with E-state index in [-0.39, 0.29) is 18.1 Å². The Morgan fingerprint density at radius 1 is 1.24 bits per heavy atom. The van der Waals surface area contributed by atoms with Crippen molar-refractivity contribution in [1.29, 1.82) is 0 Å². The highest BCUT2D eigenvalue weighted by atomic mass is 35.5. The molecule has 128 valence electrons. The number of hydrogen-bond donors (Lipinski definition) is 2. The van der Waals surface area contributed by atoms with Crippen LogP contribution in [-0.2, 0) is 13.6 Å². The molecule has 2 heterocycles. The Bertz CT molecular complexity index is 994. The first kappa shape index (κ1) is 17.0. The van der Waals surface area contributed by atoms with Crippen molar-refractivity contribution in [3.63, 3.8) is 0 Å². The van der Waals surface area contributed by atoms with Crippen LogP contribution in [0.5, 0.6) is 0 Å². The number of benzene rings is 1. The summed E-state index contributed by atoms with van der Waals surface area (Å²) in [5, 5.41) is 4.36. The maximum absolute atomic E-state index is 12.5. The van der Waals surface area contributed by atoms with Crippen LogP contribution in [0.2, 0.25) is 5.02 Å². The Morgan fingerprint density at radius 3 is 2.72 bits per heavy atom. The molecule has 0 unspecified atom stereocenters. The number of halogens is 1. The predicted octanol–water partition coefficient (Wildman–Crippen LogP) is 2.56. The van der Waals surface area contributed by atoms with Gasteiger partial charge in [-0.15, -0.1) is 0 Å². The zero-order valence-corrected chi connectivity index (χ0v) is 14.6. The van der Waals surface area contributed by atoms with Crippen LogP contribution >= 0.6 is 11.6 Å². The first-order valence-electron chi connectivity index (χ1n) is 7.66. The zero-order valence-electron chi connectivity index (χ0n) is 13.8. The summed E-state index contributed by atoms with van der Waals surface area (Å²) in [4.78, 5) is 28.1. The molecule has 25 heavy (non-hydrogen) atoms. The number of primary amides is 1. The number of nitrogens with two attached hydrogens (primary N) is 1. The maximum Gasteiger partial charge on any atom is 0.268 e. The van der Waals surface area contributed by atoms with Gasteiger partial charge in [-0.05, 0) is 36.8 Å². The first-order chi connectivity index (χ1) is 11.9. The van der Waals surface area contributed by atoms with Crippen molar-refractivity contribution in [2.24, 2.45) is 12.8 Å². The van der Waals surface area contributed by atoms with Gasteiger partial charge in [-0.2, -0.15) is 0 Å². The Labute approximate surface area is 149 Å². The van der Waals surface area contributed by atoms with Crippen LogP contribution in [0.3, 0.4) is 0 Å². The average molecular weight is 357 g/mol. The van der Waals surface area contributed by atoms with Crippen molar-refractivity contribution in [3.05, 3.63) is 64.1 Å². The van der Waals surface area contributed by atoms with Crippen LogP contribution in [0.1, 0.15) is 32.2 Å². The second kappa shape index (κ2) is 6.57. The molecule has 6 nitrogen and oxygen atoms in total. The van der Waals surface area contributed by atoms with Gasteiger partial charge < -0.3 is 15.6 Å². The number of amides is 2. The predicted molar refractivity (Wildman–Crippen MR) is 96.6 cm³/mol. The molecule has 0 saturated carbocycles. The minimum Gasteiger partial charge on any atom is -0.364 e. The summed E-state index contributed by atoms with van der Waals surface area (Å²) in [6.07, 6.45) is 0. The minimum absolute atomic E-state index is 0.196. The van der Waals surface area contributed by atoms with Gasteiger partial charge in [0.2, 0.25) is 0 Å². The second-order valence-electron chi connectivity index (χ2n) is 5.81. The lowest BCUT2D eigenvalue weighted by Gasteiger charge is -2.08. The monoisotopic (exact) mass is 356 g/mol. The van der Waals surface area contributed by atoms with Gasteiger partial charge in [-0.25, -0.2) is 4.98 Å². The van der Waals surface area contributed by atoms with Gasteiger partial charge in [0.15, 0.2) is 0 Å². The third-order valence-electron chi connectivity index (χ3n) is 4.06. The molecule has 0 spiro atoms.